The van der Waals surface area contributed by atoms with Gasteiger partial charge in [0.15, 0.2) is 17.3 Å². The van der Waals surface area contributed by atoms with Crippen molar-refractivity contribution < 1.29 is 14.4 Å². The molecule has 1 atom stereocenters. The average molecular weight is 383 g/mol. The number of aromatic amines is 1. The number of nitrogens with zero attached hydrogens (tertiary/aromatic N) is 3. The van der Waals surface area contributed by atoms with Crippen LogP contribution in [0.1, 0.15) is 35.7 Å². The molecule has 3 N–H and O–H groups in total. The minimum absolute atomic E-state index is 0.0495. The Balaban J connectivity index is 1.74. The SMILES string of the molecule is CCOc1ccc([C@@H](N)c2n[nH]c(Cc3ccc([N+](=O)[O-])cc3)n2)cc1OC. The second-order valence-corrected chi connectivity index (χ2v) is 6.06. The van der Waals surface area contributed by atoms with Gasteiger partial charge >= 0.3 is 0 Å². The van der Waals surface area contributed by atoms with Crippen LogP contribution >= 0.6 is 0 Å². The summed E-state index contributed by atoms with van der Waals surface area (Å²) < 4.78 is 10.9. The van der Waals surface area contributed by atoms with Crippen molar-refractivity contribution in [3.63, 3.8) is 0 Å². The van der Waals surface area contributed by atoms with E-state index in [9.17, 15) is 10.1 Å². The first-order valence-corrected chi connectivity index (χ1v) is 8.72. The third-order valence-electron chi connectivity index (χ3n) is 4.19. The molecular weight excluding hydrogens is 362 g/mol. The first-order chi connectivity index (χ1) is 13.5. The number of nitrogens with one attached hydrogen (secondary N) is 1. The molecule has 0 fully saturated rings. The third-order valence-corrected chi connectivity index (χ3v) is 4.19. The molecule has 1 heterocycles. The quantitative estimate of drug-likeness (QED) is 0.452. The Morgan fingerprint density at radius 2 is 1.96 bits per heavy atom. The van der Waals surface area contributed by atoms with Gasteiger partial charge in [-0.3, -0.25) is 15.2 Å². The Kier molecular flexibility index (Phi) is 5.85. The lowest BCUT2D eigenvalue weighted by molar-refractivity contribution is -0.384. The number of nitro groups is 1. The van der Waals surface area contributed by atoms with Gasteiger partial charge in [0.2, 0.25) is 0 Å². The highest BCUT2D eigenvalue weighted by atomic mass is 16.6. The normalized spacial score (nSPS) is 11.8. The first kappa shape index (κ1) is 19.3. The Labute approximate surface area is 161 Å². The van der Waals surface area contributed by atoms with Gasteiger partial charge in [-0.2, -0.15) is 5.10 Å². The summed E-state index contributed by atoms with van der Waals surface area (Å²) in [4.78, 5) is 14.8. The zero-order valence-electron chi connectivity index (χ0n) is 15.6. The molecule has 146 valence electrons. The molecule has 1 aromatic heterocycles. The van der Waals surface area contributed by atoms with Crippen LogP contribution in [0, 0.1) is 10.1 Å². The number of hydrogen-bond acceptors (Lipinski definition) is 7. The monoisotopic (exact) mass is 383 g/mol. The van der Waals surface area contributed by atoms with Crippen molar-refractivity contribution in [1.29, 1.82) is 0 Å². The van der Waals surface area contributed by atoms with E-state index in [2.05, 4.69) is 15.2 Å². The molecule has 0 saturated heterocycles. The molecule has 0 aliphatic carbocycles. The van der Waals surface area contributed by atoms with Gasteiger partial charge < -0.3 is 15.2 Å². The smallest absolute Gasteiger partial charge is 0.269 e. The standard InChI is InChI=1S/C19H21N5O4/c1-3-28-15-9-6-13(11-16(15)27-2)18(20)19-21-17(22-23-19)10-12-4-7-14(8-5-12)24(25)26/h4-9,11,18H,3,10,20H2,1-2H3,(H,21,22,23)/t18-/m1/s1. The van der Waals surface area contributed by atoms with Gasteiger partial charge in [0.05, 0.1) is 24.7 Å². The molecule has 0 spiro atoms. The van der Waals surface area contributed by atoms with Crippen LogP contribution in [0.4, 0.5) is 5.69 Å². The fourth-order valence-electron chi connectivity index (χ4n) is 2.76. The highest BCUT2D eigenvalue weighted by molar-refractivity contribution is 5.44. The molecule has 0 saturated carbocycles. The van der Waals surface area contributed by atoms with Crippen molar-refractivity contribution >= 4 is 5.69 Å². The van der Waals surface area contributed by atoms with E-state index in [1.807, 2.05) is 25.1 Å². The number of nitrogens with two attached hydrogens (primary N) is 1. The Hall–Kier alpha value is -3.46. The van der Waals surface area contributed by atoms with Crippen molar-refractivity contribution in [2.24, 2.45) is 5.73 Å². The van der Waals surface area contributed by atoms with E-state index in [0.717, 1.165) is 11.1 Å². The second kappa shape index (κ2) is 8.49. The molecule has 2 aromatic carbocycles. The summed E-state index contributed by atoms with van der Waals surface area (Å²) in [7, 11) is 1.57. The summed E-state index contributed by atoms with van der Waals surface area (Å²) in [5.41, 5.74) is 8.03. The minimum Gasteiger partial charge on any atom is -0.493 e. The number of hydrogen-bond donors (Lipinski definition) is 2. The summed E-state index contributed by atoms with van der Waals surface area (Å²) in [5, 5.41) is 17.8. The van der Waals surface area contributed by atoms with Gasteiger partial charge in [0.1, 0.15) is 5.82 Å². The van der Waals surface area contributed by atoms with Crippen molar-refractivity contribution in [3.05, 3.63) is 75.4 Å². The van der Waals surface area contributed by atoms with E-state index in [-0.39, 0.29) is 5.69 Å². The fourth-order valence-corrected chi connectivity index (χ4v) is 2.76. The van der Waals surface area contributed by atoms with Gasteiger partial charge in [0.25, 0.3) is 5.69 Å². The molecule has 0 aliphatic heterocycles. The third kappa shape index (κ3) is 4.26. The van der Waals surface area contributed by atoms with E-state index in [4.69, 9.17) is 15.2 Å². The molecule has 9 heteroatoms. The van der Waals surface area contributed by atoms with E-state index < -0.39 is 11.0 Å². The maximum Gasteiger partial charge on any atom is 0.269 e. The van der Waals surface area contributed by atoms with E-state index in [0.29, 0.717) is 36.2 Å². The molecule has 0 radical (unpaired) electrons. The van der Waals surface area contributed by atoms with E-state index in [1.165, 1.54) is 12.1 Å². The largest absolute Gasteiger partial charge is 0.493 e. The number of H-pyrrole nitrogens is 1. The lowest BCUT2D eigenvalue weighted by Crippen LogP contribution is -2.14. The number of ether oxygens (including phenoxy) is 2. The van der Waals surface area contributed by atoms with Crippen LogP contribution in [-0.4, -0.2) is 33.8 Å². The predicted molar refractivity (Wildman–Crippen MR) is 102 cm³/mol. The summed E-state index contributed by atoms with van der Waals surface area (Å²) in [5.74, 6) is 2.31. The van der Waals surface area contributed by atoms with Crippen LogP contribution in [0.3, 0.4) is 0 Å². The first-order valence-electron chi connectivity index (χ1n) is 8.72. The van der Waals surface area contributed by atoms with Crippen molar-refractivity contribution in [2.45, 2.75) is 19.4 Å². The van der Waals surface area contributed by atoms with Crippen LogP contribution < -0.4 is 15.2 Å². The van der Waals surface area contributed by atoms with Gasteiger partial charge in [-0.25, -0.2) is 4.98 Å². The van der Waals surface area contributed by atoms with Crippen LogP contribution in [0.25, 0.3) is 0 Å². The highest BCUT2D eigenvalue weighted by Gasteiger charge is 2.17. The molecule has 0 amide bonds. The minimum atomic E-state index is -0.536. The van der Waals surface area contributed by atoms with Gasteiger partial charge in [-0.15, -0.1) is 0 Å². The lowest BCUT2D eigenvalue weighted by Gasteiger charge is -2.13. The molecule has 0 aliphatic rings. The Morgan fingerprint density at radius 1 is 1.21 bits per heavy atom. The molecule has 0 bridgehead atoms. The van der Waals surface area contributed by atoms with Crippen molar-refractivity contribution in [2.75, 3.05) is 13.7 Å². The highest BCUT2D eigenvalue weighted by Crippen LogP contribution is 2.31. The zero-order valence-corrected chi connectivity index (χ0v) is 15.6. The lowest BCUT2D eigenvalue weighted by atomic mass is 10.1. The molecule has 9 nitrogen and oxygen atoms in total. The molecule has 3 rings (SSSR count). The number of aromatic nitrogens is 3. The molecular formula is C19H21N5O4. The number of nitro benzene ring substituents is 1. The van der Waals surface area contributed by atoms with Crippen LogP contribution in [0.5, 0.6) is 11.5 Å². The van der Waals surface area contributed by atoms with Crippen LogP contribution in [-0.2, 0) is 6.42 Å². The molecule has 0 unspecified atom stereocenters. The second-order valence-electron chi connectivity index (χ2n) is 6.06. The van der Waals surface area contributed by atoms with Gasteiger partial charge in [-0.1, -0.05) is 18.2 Å². The van der Waals surface area contributed by atoms with E-state index >= 15 is 0 Å². The number of benzene rings is 2. The number of methoxy groups -OCH3 is 1. The maximum atomic E-state index is 10.7. The summed E-state index contributed by atoms with van der Waals surface area (Å²) >= 11 is 0. The van der Waals surface area contributed by atoms with Crippen LogP contribution in [0.2, 0.25) is 0 Å². The van der Waals surface area contributed by atoms with Crippen molar-refractivity contribution in [1.82, 2.24) is 15.2 Å². The van der Waals surface area contributed by atoms with Gasteiger partial charge in [0, 0.05) is 18.6 Å². The summed E-state index contributed by atoms with van der Waals surface area (Å²) in [6, 6.07) is 11.2. The number of rotatable bonds is 8. The zero-order chi connectivity index (χ0) is 20.1. The molecule has 3 aromatic rings. The Morgan fingerprint density at radius 3 is 2.61 bits per heavy atom. The average Bonchev–Trinajstić information content (AvgIpc) is 3.17. The Bertz CT molecular complexity index is 955. The molecule has 28 heavy (non-hydrogen) atoms. The summed E-state index contributed by atoms with van der Waals surface area (Å²) in [6.45, 7) is 2.44. The topological polar surface area (TPSA) is 129 Å². The van der Waals surface area contributed by atoms with Crippen molar-refractivity contribution in [3.8, 4) is 11.5 Å². The maximum absolute atomic E-state index is 10.7. The van der Waals surface area contributed by atoms with E-state index in [1.54, 1.807) is 19.2 Å². The van der Waals surface area contributed by atoms with Crippen LogP contribution in [0.15, 0.2) is 42.5 Å². The number of non-ortho nitro benzene ring substituents is 1. The fraction of sp³-hybridized carbons (Fsp3) is 0.263. The summed E-state index contributed by atoms with van der Waals surface area (Å²) in [6.07, 6.45) is 0.463. The van der Waals surface area contributed by atoms with Gasteiger partial charge in [-0.05, 0) is 30.2 Å². The predicted octanol–water partition coefficient (Wildman–Crippen LogP) is 2.76.